The van der Waals surface area contributed by atoms with Gasteiger partial charge in [-0.05, 0) is 56.2 Å². The van der Waals surface area contributed by atoms with Gasteiger partial charge in [-0.3, -0.25) is 4.79 Å². The number of carbonyl (C=O) groups excluding carboxylic acids is 2. The maximum atomic E-state index is 12.4. The van der Waals surface area contributed by atoms with E-state index in [2.05, 4.69) is 17.6 Å². The Bertz CT molecular complexity index is 739. The molecule has 0 atom stereocenters. The van der Waals surface area contributed by atoms with Crippen LogP contribution in [0.3, 0.4) is 0 Å². The van der Waals surface area contributed by atoms with Crippen LogP contribution in [0, 0.1) is 0 Å². The Kier molecular flexibility index (Phi) is 6.57. The number of aryl methyl sites for hydroxylation is 1. The number of hydrogen-bond donors (Lipinski definition) is 2. The Hall–Kier alpha value is -2.82. The van der Waals surface area contributed by atoms with Crippen molar-refractivity contribution < 1.29 is 9.59 Å². The molecule has 0 aliphatic rings. The minimum atomic E-state index is -0.333. The van der Waals surface area contributed by atoms with Crippen LogP contribution in [0.15, 0.2) is 48.5 Å². The second kappa shape index (κ2) is 8.87. The fraction of sp³-hybridized carbons (Fsp3) is 0.300. The summed E-state index contributed by atoms with van der Waals surface area (Å²) in [5, 5.41) is 5.59. The van der Waals surface area contributed by atoms with Gasteiger partial charge in [-0.15, -0.1) is 0 Å². The van der Waals surface area contributed by atoms with E-state index in [0.29, 0.717) is 24.3 Å². The maximum Gasteiger partial charge on any atom is 0.323 e. The first kappa shape index (κ1) is 18.5. The SMILES string of the molecule is CCc1cccc(NC(=O)Nc2cccc(C(=O)N(CC)CC)c2)c1. The van der Waals surface area contributed by atoms with Gasteiger partial charge in [0.15, 0.2) is 0 Å². The third-order valence-corrected chi connectivity index (χ3v) is 4.01. The molecule has 2 aromatic carbocycles. The minimum absolute atomic E-state index is 0.0373. The van der Waals surface area contributed by atoms with Crippen molar-refractivity contribution in [3.05, 3.63) is 59.7 Å². The fourth-order valence-electron chi connectivity index (χ4n) is 2.59. The van der Waals surface area contributed by atoms with Crippen LogP contribution in [0.4, 0.5) is 16.2 Å². The number of hydrogen-bond acceptors (Lipinski definition) is 2. The summed E-state index contributed by atoms with van der Waals surface area (Å²) in [6.07, 6.45) is 0.909. The second-order valence-electron chi connectivity index (χ2n) is 5.69. The number of amides is 3. The average molecular weight is 339 g/mol. The Labute approximate surface area is 149 Å². The Morgan fingerprint density at radius 1 is 0.880 bits per heavy atom. The van der Waals surface area contributed by atoms with Crippen LogP contribution in [0.1, 0.15) is 36.7 Å². The third-order valence-electron chi connectivity index (χ3n) is 4.01. The number of urea groups is 1. The molecule has 0 saturated heterocycles. The fourth-order valence-corrected chi connectivity index (χ4v) is 2.59. The lowest BCUT2D eigenvalue weighted by molar-refractivity contribution is 0.0773. The molecule has 0 aliphatic carbocycles. The Morgan fingerprint density at radius 2 is 1.48 bits per heavy atom. The molecule has 5 heteroatoms. The first-order chi connectivity index (χ1) is 12.1. The van der Waals surface area contributed by atoms with Gasteiger partial charge < -0.3 is 15.5 Å². The Balaban J connectivity index is 2.05. The molecule has 2 N–H and O–H groups in total. The topological polar surface area (TPSA) is 61.4 Å². The summed E-state index contributed by atoms with van der Waals surface area (Å²) < 4.78 is 0. The third kappa shape index (κ3) is 5.08. The zero-order valence-electron chi connectivity index (χ0n) is 15.0. The van der Waals surface area contributed by atoms with E-state index in [0.717, 1.165) is 17.7 Å². The molecular formula is C20H25N3O2. The molecule has 0 spiro atoms. The van der Waals surface area contributed by atoms with Crippen molar-refractivity contribution in [3.8, 4) is 0 Å². The van der Waals surface area contributed by atoms with Gasteiger partial charge in [0.05, 0.1) is 0 Å². The lowest BCUT2D eigenvalue weighted by Crippen LogP contribution is -2.30. The summed E-state index contributed by atoms with van der Waals surface area (Å²) in [5.41, 5.74) is 3.05. The molecule has 2 rings (SSSR count). The lowest BCUT2D eigenvalue weighted by Gasteiger charge is -2.19. The van der Waals surface area contributed by atoms with Crippen LogP contribution >= 0.6 is 0 Å². The summed E-state index contributed by atoms with van der Waals surface area (Å²) in [4.78, 5) is 26.3. The molecular weight excluding hydrogens is 314 g/mol. The highest BCUT2D eigenvalue weighted by Crippen LogP contribution is 2.15. The van der Waals surface area contributed by atoms with Crippen molar-refractivity contribution in [2.75, 3.05) is 23.7 Å². The molecule has 0 fully saturated rings. The van der Waals surface area contributed by atoms with E-state index in [4.69, 9.17) is 0 Å². The van der Waals surface area contributed by atoms with Gasteiger partial charge in [0.25, 0.3) is 5.91 Å². The van der Waals surface area contributed by atoms with E-state index in [1.807, 2.05) is 38.1 Å². The molecule has 3 amide bonds. The van der Waals surface area contributed by atoms with E-state index in [9.17, 15) is 9.59 Å². The van der Waals surface area contributed by atoms with Crippen LogP contribution in [-0.4, -0.2) is 29.9 Å². The quantitative estimate of drug-likeness (QED) is 0.820. The highest BCUT2D eigenvalue weighted by atomic mass is 16.2. The summed E-state index contributed by atoms with van der Waals surface area (Å²) >= 11 is 0. The van der Waals surface area contributed by atoms with Crippen molar-refractivity contribution in [2.45, 2.75) is 27.2 Å². The number of nitrogens with zero attached hydrogens (tertiary/aromatic N) is 1. The van der Waals surface area contributed by atoms with Crippen LogP contribution in [0.2, 0.25) is 0 Å². The second-order valence-corrected chi connectivity index (χ2v) is 5.69. The summed E-state index contributed by atoms with van der Waals surface area (Å²) in [7, 11) is 0. The van der Waals surface area contributed by atoms with Crippen molar-refractivity contribution in [1.82, 2.24) is 4.90 Å². The summed E-state index contributed by atoms with van der Waals surface area (Å²) in [6, 6.07) is 14.4. The van der Waals surface area contributed by atoms with Crippen molar-refractivity contribution in [3.63, 3.8) is 0 Å². The average Bonchev–Trinajstić information content (AvgIpc) is 2.63. The smallest absolute Gasteiger partial charge is 0.323 e. The predicted octanol–water partition coefficient (Wildman–Crippen LogP) is 4.38. The monoisotopic (exact) mass is 339 g/mol. The number of nitrogens with one attached hydrogen (secondary N) is 2. The standard InChI is InChI=1S/C20H25N3O2/c1-4-15-9-7-11-17(13-15)21-20(25)22-18-12-8-10-16(14-18)19(24)23(5-2)6-3/h7-14H,4-6H2,1-3H3,(H2,21,22,25). The van der Waals surface area contributed by atoms with Gasteiger partial charge in [0, 0.05) is 30.0 Å². The molecule has 0 saturated carbocycles. The Morgan fingerprint density at radius 3 is 2.08 bits per heavy atom. The highest BCUT2D eigenvalue weighted by Gasteiger charge is 2.13. The zero-order chi connectivity index (χ0) is 18.2. The molecule has 0 radical (unpaired) electrons. The maximum absolute atomic E-state index is 12.4. The van der Waals surface area contributed by atoms with Gasteiger partial charge in [-0.2, -0.15) is 0 Å². The summed E-state index contributed by atoms with van der Waals surface area (Å²) in [6.45, 7) is 7.27. The van der Waals surface area contributed by atoms with Crippen molar-refractivity contribution in [1.29, 1.82) is 0 Å². The van der Waals surface area contributed by atoms with E-state index < -0.39 is 0 Å². The lowest BCUT2D eigenvalue weighted by atomic mass is 10.1. The molecule has 0 bridgehead atoms. The molecule has 5 nitrogen and oxygen atoms in total. The summed E-state index contributed by atoms with van der Waals surface area (Å²) in [5.74, 6) is -0.0373. The number of benzene rings is 2. The molecule has 0 aliphatic heterocycles. The number of anilines is 2. The number of rotatable bonds is 6. The molecule has 0 heterocycles. The van der Waals surface area contributed by atoms with Crippen molar-refractivity contribution in [2.24, 2.45) is 0 Å². The molecule has 0 aromatic heterocycles. The van der Waals surface area contributed by atoms with Crippen LogP contribution in [0.25, 0.3) is 0 Å². The van der Waals surface area contributed by atoms with Crippen LogP contribution in [-0.2, 0) is 6.42 Å². The van der Waals surface area contributed by atoms with Gasteiger partial charge >= 0.3 is 6.03 Å². The normalized spacial score (nSPS) is 10.2. The van der Waals surface area contributed by atoms with Crippen LogP contribution < -0.4 is 10.6 Å². The molecule has 0 unspecified atom stereocenters. The van der Waals surface area contributed by atoms with E-state index in [-0.39, 0.29) is 11.9 Å². The number of carbonyl (C=O) groups is 2. The molecule has 132 valence electrons. The highest BCUT2D eigenvalue weighted by molar-refractivity contribution is 6.01. The van der Waals surface area contributed by atoms with E-state index in [1.54, 1.807) is 29.2 Å². The molecule has 2 aromatic rings. The van der Waals surface area contributed by atoms with Gasteiger partial charge in [0.1, 0.15) is 0 Å². The first-order valence-electron chi connectivity index (χ1n) is 8.63. The van der Waals surface area contributed by atoms with Gasteiger partial charge in [-0.25, -0.2) is 4.79 Å². The van der Waals surface area contributed by atoms with Gasteiger partial charge in [0.2, 0.25) is 0 Å². The van der Waals surface area contributed by atoms with E-state index >= 15 is 0 Å². The largest absolute Gasteiger partial charge is 0.339 e. The van der Waals surface area contributed by atoms with Crippen LogP contribution in [0.5, 0.6) is 0 Å². The van der Waals surface area contributed by atoms with Crippen molar-refractivity contribution >= 4 is 23.3 Å². The zero-order valence-corrected chi connectivity index (χ0v) is 15.0. The predicted molar refractivity (Wildman–Crippen MR) is 102 cm³/mol. The minimum Gasteiger partial charge on any atom is -0.339 e. The molecule has 25 heavy (non-hydrogen) atoms. The first-order valence-corrected chi connectivity index (χ1v) is 8.63. The van der Waals surface area contributed by atoms with E-state index in [1.165, 1.54) is 0 Å². The van der Waals surface area contributed by atoms with Gasteiger partial charge in [-0.1, -0.05) is 25.1 Å².